The lowest BCUT2D eigenvalue weighted by atomic mass is 9.93. The Morgan fingerprint density at radius 3 is 1.84 bits per heavy atom. The molecule has 2 aliphatic rings. The molecular formula is C48H32N2. The second kappa shape index (κ2) is 10.6. The highest BCUT2D eigenvalue weighted by Gasteiger charge is 2.24. The van der Waals surface area contributed by atoms with E-state index in [1.807, 2.05) is 0 Å². The van der Waals surface area contributed by atoms with E-state index in [1.54, 1.807) is 0 Å². The van der Waals surface area contributed by atoms with Gasteiger partial charge in [0.1, 0.15) is 0 Å². The molecule has 7 aromatic carbocycles. The third kappa shape index (κ3) is 3.90. The van der Waals surface area contributed by atoms with Crippen LogP contribution in [-0.4, -0.2) is 9.13 Å². The third-order valence-electron chi connectivity index (χ3n) is 10.9. The van der Waals surface area contributed by atoms with Gasteiger partial charge in [0.2, 0.25) is 0 Å². The molecule has 0 radical (unpaired) electrons. The molecule has 1 aliphatic heterocycles. The van der Waals surface area contributed by atoms with Gasteiger partial charge in [-0.25, -0.2) is 0 Å². The van der Waals surface area contributed by atoms with Crippen LogP contribution in [0, 0.1) is 0 Å². The molecule has 0 saturated heterocycles. The van der Waals surface area contributed by atoms with E-state index in [0.717, 1.165) is 12.8 Å². The van der Waals surface area contributed by atoms with E-state index in [9.17, 15) is 0 Å². The predicted octanol–water partition coefficient (Wildman–Crippen LogP) is 12.7. The number of benzene rings is 7. The molecule has 1 aliphatic carbocycles. The van der Waals surface area contributed by atoms with Crippen LogP contribution in [0.5, 0.6) is 0 Å². The fraction of sp³-hybridized carbons (Fsp3) is 0.0417. The average molecular weight is 637 g/mol. The van der Waals surface area contributed by atoms with Crippen LogP contribution in [0.1, 0.15) is 17.7 Å². The van der Waals surface area contributed by atoms with Gasteiger partial charge in [-0.15, -0.1) is 0 Å². The molecule has 0 spiro atoms. The van der Waals surface area contributed by atoms with Crippen molar-refractivity contribution in [3.63, 3.8) is 0 Å². The number of allylic oxidation sites excluding steroid dienone is 1. The summed E-state index contributed by atoms with van der Waals surface area (Å²) in [6.45, 7) is 0. The third-order valence-corrected chi connectivity index (χ3v) is 10.9. The Balaban J connectivity index is 1.07. The van der Waals surface area contributed by atoms with Gasteiger partial charge in [-0.2, -0.15) is 0 Å². The Morgan fingerprint density at radius 2 is 1.04 bits per heavy atom. The van der Waals surface area contributed by atoms with E-state index in [1.165, 1.54) is 99.8 Å². The summed E-state index contributed by atoms with van der Waals surface area (Å²) in [4.78, 5) is 0. The molecule has 0 fully saturated rings. The molecule has 0 unspecified atom stereocenters. The number of hydrogen-bond acceptors (Lipinski definition) is 0. The van der Waals surface area contributed by atoms with Crippen molar-refractivity contribution in [2.24, 2.45) is 0 Å². The first-order chi connectivity index (χ1) is 24.8. The summed E-state index contributed by atoms with van der Waals surface area (Å²) in [7, 11) is 0. The molecule has 2 nitrogen and oxygen atoms in total. The fourth-order valence-electron chi connectivity index (χ4n) is 8.72. The number of nitrogens with zero attached hydrogens (tertiary/aromatic N) is 2. The van der Waals surface area contributed by atoms with Crippen LogP contribution in [0.25, 0.3) is 94.7 Å². The monoisotopic (exact) mass is 636 g/mol. The smallest absolute Gasteiger partial charge is 0.0619 e. The quantitative estimate of drug-likeness (QED) is 0.183. The van der Waals surface area contributed by atoms with Crippen LogP contribution in [0.15, 0.2) is 164 Å². The molecule has 0 amide bonds. The molecule has 0 saturated carbocycles. The second-order valence-electron chi connectivity index (χ2n) is 13.6. The van der Waals surface area contributed by atoms with E-state index in [4.69, 9.17) is 0 Å². The Hall–Kier alpha value is -6.38. The fourth-order valence-corrected chi connectivity index (χ4v) is 8.72. The molecule has 0 N–H and O–H groups in total. The molecule has 0 bridgehead atoms. The lowest BCUT2D eigenvalue weighted by molar-refractivity contribution is 0.888. The van der Waals surface area contributed by atoms with Gasteiger partial charge < -0.3 is 9.13 Å². The van der Waals surface area contributed by atoms with Crippen LogP contribution < -0.4 is 0 Å². The SMILES string of the molecule is C1=Cc2c(n(-c3ccccc3)c3ccc(-c4cccc(-c5ccc6c(c5)c5cccc7c5n6-c5ccccc5-c5ccccc5-7)c4)cc23)CC1. The summed E-state index contributed by atoms with van der Waals surface area (Å²) < 4.78 is 4.95. The minimum Gasteiger partial charge on any atom is -0.313 e. The zero-order valence-corrected chi connectivity index (χ0v) is 27.5. The van der Waals surface area contributed by atoms with Gasteiger partial charge in [0.25, 0.3) is 0 Å². The maximum Gasteiger partial charge on any atom is 0.0619 e. The van der Waals surface area contributed by atoms with Crippen molar-refractivity contribution in [2.75, 3.05) is 0 Å². The van der Waals surface area contributed by atoms with Gasteiger partial charge in [-0.1, -0.05) is 121 Å². The van der Waals surface area contributed by atoms with E-state index < -0.39 is 0 Å². The zero-order valence-electron chi connectivity index (χ0n) is 27.5. The minimum atomic E-state index is 1.05. The first kappa shape index (κ1) is 27.6. The van der Waals surface area contributed by atoms with Crippen LogP contribution >= 0.6 is 0 Å². The molecule has 0 atom stereocenters. The first-order valence-electron chi connectivity index (χ1n) is 17.6. The molecule has 2 heteroatoms. The normalized spacial score (nSPS) is 13.0. The van der Waals surface area contributed by atoms with Crippen molar-refractivity contribution in [1.29, 1.82) is 0 Å². The Bertz CT molecular complexity index is 2860. The molecule has 2 aromatic heterocycles. The Labute approximate surface area is 290 Å². The summed E-state index contributed by atoms with van der Waals surface area (Å²) in [6.07, 6.45) is 6.78. The first-order valence-corrected chi connectivity index (χ1v) is 17.6. The highest BCUT2D eigenvalue weighted by atomic mass is 15.0. The van der Waals surface area contributed by atoms with Crippen molar-refractivity contribution >= 4 is 38.8 Å². The summed E-state index contributed by atoms with van der Waals surface area (Å²) in [5.41, 5.74) is 19.0. The van der Waals surface area contributed by atoms with E-state index in [2.05, 4.69) is 179 Å². The zero-order chi connectivity index (χ0) is 32.8. The predicted molar refractivity (Wildman–Crippen MR) is 210 cm³/mol. The van der Waals surface area contributed by atoms with Crippen LogP contribution in [0.3, 0.4) is 0 Å². The highest BCUT2D eigenvalue weighted by Crippen LogP contribution is 2.47. The lowest BCUT2D eigenvalue weighted by Crippen LogP contribution is -2.02. The Kier molecular flexibility index (Phi) is 5.82. The van der Waals surface area contributed by atoms with Gasteiger partial charge in [-0.3, -0.25) is 0 Å². The largest absolute Gasteiger partial charge is 0.313 e. The maximum absolute atomic E-state index is 2.49. The van der Waals surface area contributed by atoms with E-state index in [-0.39, 0.29) is 0 Å². The van der Waals surface area contributed by atoms with Gasteiger partial charge in [0, 0.05) is 44.2 Å². The van der Waals surface area contributed by atoms with E-state index in [0.29, 0.717) is 0 Å². The number of para-hydroxylation sites is 3. The second-order valence-corrected chi connectivity index (χ2v) is 13.6. The summed E-state index contributed by atoms with van der Waals surface area (Å²) in [5, 5.41) is 3.88. The number of aromatic nitrogens is 2. The van der Waals surface area contributed by atoms with Crippen LogP contribution in [-0.2, 0) is 6.42 Å². The summed E-state index contributed by atoms with van der Waals surface area (Å²) in [5.74, 6) is 0. The van der Waals surface area contributed by atoms with Gasteiger partial charge in [-0.05, 0) is 94.8 Å². The number of hydrogen-bond donors (Lipinski definition) is 0. The van der Waals surface area contributed by atoms with Crippen LogP contribution in [0.4, 0.5) is 0 Å². The highest BCUT2D eigenvalue weighted by molar-refractivity contribution is 6.17. The maximum atomic E-state index is 2.49. The molecule has 50 heavy (non-hydrogen) atoms. The van der Waals surface area contributed by atoms with Gasteiger partial charge >= 0.3 is 0 Å². The molecule has 11 rings (SSSR count). The average Bonchev–Trinajstić information content (AvgIpc) is 3.66. The topological polar surface area (TPSA) is 9.86 Å². The van der Waals surface area contributed by atoms with Gasteiger partial charge in [0.15, 0.2) is 0 Å². The number of rotatable bonds is 3. The molecule has 3 heterocycles. The molecule has 234 valence electrons. The van der Waals surface area contributed by atoms with Crippen molar-refractivity contribution in [3.05, 3.63) is 175 Å². The van der Waals surface area contributed by atoms with Crippen molar-refractivity contribution in [1.82, 2.24) is 9.13 Å². The van der Waals surface area contributed by atoms with Gasteiger partial charge in [0.05, 0.1) is 22.2 Å². The lowest BCUT2D eigenvalue weighted by Gasteiger charge is -2.13. The molecular weight excluding hydrogens is 605 g/mol. The van der Waals surface area contributed by atoms with E-state index >= 15 is 0 Å². The standard InChI is InChI=1S/C48H32N2/c1-2-14-35(15-3-1)49-44-22-8-7-19-39(44)42-29-33(24-26-46(42)49)31-12-10-13-32(28-31)34-25-27-47-43(30-34)41-21-11-20-40-37-17-5-4-16-36(37)38-18-6-9-23-45(38)50(47)48(40)41/h1-7,9-21,23-30H,8,22H2. The van der Waals surface area contributed by atoms with Crippen LogP contribution in [0.2, 0.25) is 0 Å². The molecule has 9 aromatic rings. The summed E-state index contributed by atoms with van der Waals surface area (Å²) in [6, 6.07) is 58.4. The summed E-state index contributed by atoms with van der Waals surface area (Å²) >= 11 is 0. The Morgan fingerprint density at radius 1 is 0.420 bits per heavy atom. The van der Waals surface area contributed by atoms with Crippen molar-refractivity contribution in [2.45, 2.75) is 12.8 Å². The minimum absolute atomic E-state index is 1.05. The van der Waals surface area contributed by atoms with Crippen molar-refractivity contribution < 1.29 is 0 Å². The number of fused-ring (bicyclic) bond motifs is 11. The van der Waals surface area contributed by atoms with Crippen molar-refractivity contribution in [3.8, 4) is 55.9 Å².